The molecule has 4 nitrogen and oxygen atoms in total. The van der Waals surface area contributed by atoms with Crippen molar-refractivity contribution in [2.24, 2.45) is 34.5 Å². The number of carbonyl (C=O) groups is 1. The number of allylic oxidation sites excluding steroid dienone is 2. The van der Waals surface area contributed by atoms with E-state index in [9.17, 15) is 9.90 Å². The monoisotopic (exact) mass is 404 g/mol. The molecular weight excluding hydrogens is 364 g/mol. The summed E-state index contributed by atoms with van der Waals surface area (Å²) >= 11 is 0. The van der Waals surface area contributed by atoms with Crippen LogP contribution in [0.4, 0.5) is 0 Å². The maximum atomic E-state index is 12.1. The van der Waals surface area contributed by atoms with Gasteiger partial charge in [-0.15, -0.1) is 0 Å². The number of ether oxygens (including phenoxy) is 1. The summed E-state index contributed by atoms with van der Waals surface area (Å²) in [5, 5.41) is 21.1. The topological polar surface area (TPSA) is 66.8 Å². The maximum absolute atomic E-state index is 12.1. The van der Waals surface area contributed by atoms with Gasteiger partial charge in [0.05, 0.1) is 11.7 Å². The van der Waals surface area contributed by atoms with Crippen LogP contribution in [0.25, 0.3) is 0 Å². The minimum Gasteiger partial charge on any atom is -0.396 e. The van der Waals surface area contributed by atoms with Crippen LogP contribution >= 0.6 is 0 Å². The number of aliphatic hydroxyl groups is 2. The summed E-state index contributed by atoms with van der Waals surface area (Å²) in [7, 11) is 0. The number of hydrogen-bond acceptors (Lipinski definition) is 4. The quantitative estimate of drug-likeness (QED) is 0.394. The third-order valence-corrected chi connectivity index (χ3v) is 9.95. The zero-order chi connectivity index (χ0) is 20.7. The molecule has 0 aromatic rings. The SMILES string of the molecule is C[C@]12CC[C@H](OCCCO)C[C@H]1CC[C@@H]1[C@@H]2CC[C@]2(C)[C@@H](/C=C/C=O)CC[C@]12O. The molecule has 0 aromatic carbocycles. The molecule has 0 bridgehead atoms. The van der Waals surface area contributed by atoms with E-state index in [0.29, 0.717) is 41.8 Å². The highest BCUT2D eigenvalue weighted by molar-refractivity contribution is 5.64. The van der Waals surface area contributed by atoms with Gasteiger partial charge in [0.2, 0.25) is 0 Å². The maximum Gasteiger partial charge on any atom is 0.142 e. The Bertz CT molecular complexity index is 632. The summed E-state index contributed by atoms with van der Waals surface area (Å²) < 4.78 is 6.06. The van der Waals surface area contributed by atoms with Crippen molar-refractivity contribution in [1.29, 1.82) is 0 Å². The molecule has 29 heavy (non-hydrogen) atoms. The summed E-state index contributed by atoms with van der Waals surface area (Å²) in [6.07, 6.45) is 15.6. The Hall–Kier alpha value is -0.710. The lowest BCUT2D eigenvalue weighted by atomic mass is 9.43. The fourth-order valence-corrected chi connectivity index (χ4v) is 8.18. The van der Waals surface area contributed by atoms with Gasteiger partial charge in [-0.2, -0.15) is 0 Å². The molecule has 0 aliphatic heterocycles. The van der Waals surface area contributed by atoms with Crippen LogP contribution in [0.1, 0.15) is 78.1 Å². The molecule has 0 saturated heterocycles. The van der Waals surface area contributed by atoms with Gasteiger partial charge in [0, 0.05) is 18.6 Å². The first kappa shape index (κ1) is 21.5. The van der Waals surface area contributed by atoms with Gasteiger partial charge in [-0.25, -0.2) is 0 Å². The zero-order valence-corrected chi connectivity index (χ0v) is 18.3. The van der Waals surface area contributed by atoms with Crippen molar-refractivity contribution in [1.82, 2.24) is 0 Å². The predicted octanol–water partition coefficient (Wildman–Crippen LogP) is 4.28. The molecular formula is C25H40O4. The Morgan fingerprint density at radius 1 is 1.03 bits per heavy atom. The van der Waals surface area contributed by atoms with E-state index in [1.807, 2.05) is 0 Å². The fraction of sp³-hybridized carbons (Fsp3) is 0.880. The predicted molar refractivity (Wildman–Crippen MR) is 113 cm³/mol. The standard InChI is InChI=1S/C25H40O4/c1-23-11-9-20(29-16-4-15-27)17-19(23)6-7-22-21(23)10-12-24(2)18(5-3-14-26)8-13-25(22,24)28/h3,5,14,18-22,27-28H,4,6-13,15-17H2,1-2H3/b5-3+/t18-,19+,20-,21-,22+,23-,24+,25-/m0/s1. The van der Waals surface area contributed by atoms with E-state index < -0.39 is 5.60 Å². The van der Waals surface area contributed by atoms with E-state index in [4.69, 9.17) is 9.84 Å². The highest BCUT2D eigenvalue weighted by atomic mass is 16.5. The molecule has 0 radical (unpaired) electrons. The molecule has 0 unspecified atom stereocenters. The van der Waals surface area contributed by atoms with E-state index in [1.165, 1.54) is 19.3 Å². The first-order valence-corrected chi connectivity index (χ1v) is 12.0. The highest BCUT2D eigenvalue weighted by Crippen LogP contribution is 2.69. The molecule has 2 N–H and O–H groups in total. The molecule has 4 saturated carbocycles. The summed E-state index contributed by atoms with van der Waals surface area (Å²) in [4.78, 5) is 10.9. The van der Waals surface area contributed by atoms with Crippen molar-refractivity contribution in [2.45, 2.75) is 89.8 Å². The molecule has 164 valence electrons. The van der Waals surface area contributed by atoms with Gasteiger partial charge in [-0.1, -0.05) is 19.9 Å². The van der Waals surface area contributed by atoms with E-state index in [0.717, 1.165) is 51.2 Å². The fourth-order valence-electron chi connectivity index (χ4n) is 8.18. The Labute approximate surface area is 176 Å². The van der Waals surface area contributed by atoms with Crippen LogP contribution in [0.15, 0.2) is 12.2 Å². The molecule has 0 aromatic heterocycles. The third kappa shape index (κ3) is 3.34. The average Bonchev–Trinajstić information content (AvgIpc) is 2.97. The van der Waals surface area contributed by atoms with Crippen LogP contribution in [0.5, 0.6) is 0 Å². The van der Waals surface area contributed by atoms with Gasteiger partial charge >= 0.3 is 0 Å². The third-order valence-electron chi connectivity index (χ3n) is 9.95. The Balaban J connectivity index is 1.51. The Morgan fingerprint density at radius 3 is 2.62 bits per heavy atom. The average molecular weight is 405 g/mol. The first-order valence-electron chi connectivity index (χ1n) is 12.0. The molecule has 4 aliphatic carbocycles. The molecule has 4 heteroatoms. The number of fused-ring (bicyclic) bond motifs is 5. The van der Waals surface area contributed by atoms with Gasteiger partial charge in [0.25, 0.3) is 0 Å². The number of aldehydes is 1. The van der Waals surface area contributed by atoms with E-state index in [1.54, 1.807) is 6.08 Å². The molecule has 0 spiro atoms. The summed E-state index contributed by atoms with van der Waals surface area (Å²) in [5.74, 6) is 2.01. The molecule has 0 heterocycles. The van der Waals surface area contributed by atoms with Crippen molar-refractivity contribution < 1.29 is 19.7 Å². The number of carbonyl (C=O) groups excluding carboxylic acids is 1. The first-order chi connectivity index (χ1) is 13.9. The second-order valence-corrected chi connectivity index (χ2v) is 10.9. The highest BCUT2D eigenvalue weighted by Gasteiger charge is 2.66. The van der Waals surface area contributed by atoms with E-state index >= 15 is 0 Å². The largest absolute Gasteiger partial charge is 0.396 e. The summed E-state index contributed by atoms with van der Waals surface area (Å²) in [5.41, 5.74) is -0.370. The second kappa shape index (κ2) is 8.09. The van der Waals surface area contributed by atoms with Crippen LogP contribution in [0.3, 0.4) is 0 Å². The zero-order valence-electron chi connectivity index (χ0n) is 18.3. The van der Waals surface area contributed by atoms with Gasteiger partial charge in [-0.05, 0) is 99.4 Å². The van der Waals surface area contributed by atoms with E-state index in [-0.39, 0.29) is 12.0 Å². The number of aliphatic hydroxyl groups excluding tert-OH is 1. The van der Waals surface area contributed by atoms with Crippen LogP contribution in [-0.2, 0) is 9.53 Å². The summed E-state index contributed by atoms with van der Waals surface area (Å²) in [6.45, 7) is 5.67. The van der Waals surface area contributed by atoms with Gasteiger partial charge in [0.15, 0.2) is 0 Å². The van der Waals surface area contributed by atoms with Crippen molar-refractivity contribution in [3.05, 3.63) is 12.2 Å². The van der Waals surface area contributed by atoms with Crippen molar-refractivity contribution in [3.63, 3.8) is 0 Å². The van der Waals surface area contributed by atoms with Crippen LogP contribution < -0.4 is 0 Å². The van der Waals surface area contributed by atoms with Crippen molar-refractivity contribution in [3.8, 4) is 0 Å². The molecule has 4 rings (SSSR count). The van der Waals surface area contributed by atoms with Crippen molar-refractivity contribution in [2.75, 3.05) is 13.2 Å². The van der Waals surface area contributed by atoms with Gasteiger partial charge in [-0.3, -0.25) is 4.79 Å². The van der Waals surface area contributed by atoms with Crippen LogP contribution in [0, 0.1) is 34.5 Å². The lowest BCUT2D eigenvalue weighted by Gasteiger charge is -2.63. The molecule has 0 amide bonds. The van der Waals surface area contributed by atoms with E-state index in [2.05, 4.69) is 19.9 Å². The number of rotatable bonds is 6. The molecule has 4 aliphatic rings. The second-order valence-electron chi connectivity index (χ2n) is 10.9. The smallest absolute Gasteiger partial charge is 0.142 e. The van der Waals surface area contributed by atoms with Crippen molar-refractivity contribution >= 4 is 6.29 Å². The normalized spacial score (nSPS) is 49.4. The lowest BCUT2D eigenvalue weighted by molar-refractivity contribution is -0.209. The lowest BCUT2D eigenvalue weighted by Crippen LogP contribution is -2.62. The molecule has 8 atom stereocenters. The Morgan fingerprint density at radius 2 is 1.86 bits per heavy atom. The minimum atomic E-state index is -0.587. The number of hydrogen-bond donors (Lipinski definition) is 2. The van der Waals surface area contributed by atoms with Gasteiger partial charge in [0.1, 0.15) is 6.29 Å². The van der Waals surface area contributed by atoms with Crippen LogP contribution in [0.2, 0.25) is 0 Å². The Kier molecular flexibility index (Phi) is 6.00. The minimum absolute atomic E-state index is 0.0958. The van der Waals surface area contributed by atoms with Gasteiger partial charge < -0.3 is 14.9 Å². The van der Waals surface area contributed by atoms with Crippen LogP contribution in [-0.4, -0.2) is 41.4 Å². The summed E-state index contributed by atoms with van der Waals surface area (Å²) in [6, 6.07) is 0. The molecule has 4 fully saturated rings.